The average molecular weight is 291 g/mol. The van der Waals surface area contributed by atoms with Gasteiger partial charge in [-0.15, -0.1) is 0 Å². The molecule has 1 heterocycles. The highest BCUT2D eigenvalue weighted by Gasteiger charge is 2.24. The summed E-state index contributed by atoms with van der Waals surface area (Å²) < 4.78 is 0. The van der Waals surface area contributed by atoms with Gasteiger partial charge in [-0.25, -0.2) is 0 Å². The number of carbonyl (C=O) groups is 2. The van der Waals surface area contributed by atoms with Crippen LogP contribution in [0.4, 0.5) is 0 Å². The van der Waals surface area contributed by atoms with Crippen molar-refractivity contribution in [3.63, 3.8) is 0 Å². The number of oxime groups is 1. The van der Waals surface area contributed by atoms with Crippen LogP contribution in [-0.2, 0) is 4.79 Å². The number of pyridine rings is 1. The molecule has 112 valence electrons. The van der Waals surface area contributed by atoms with Gasteiger partial charge in [0.05, 0.1) is 6.54 Å². The van der Waals surface area contributed by atoms with E-state index in [1.165, 1.54) is 30.3 Å². The first-order chi connectivity index (χ1) is 10.0. The van der Waals surface area contributed by atoms with Gasteiger partial charge in [-0.1, -0.05) is 5.16 Å². The molecule has 0 unspecified atom stereocenters. The van der Waals surface area contributed by atoms with Gasteiger partial charge in [0.15, 0.2) is 5.84 Å². The van der Waals surface area contributed by atoms with E-state index < -0.39 is 0 Å². The van der Waals surface area contributed by atoms with Gasteiger partial charge in [0.2, 0.25) is 5.91 Å². The Morgan fingerprint density at radius 1 is 1.52 bits per heavy atom. The zero-order chi connectivity index (χ0) is 15.4. The molecule has 0 spiro atoms. The first kappa shape index (κ1) is 14.8. The lowest BCUT2D eigenvalue weighted by atomic mass is 10.2. The van der Waals surface area contributed by atoms with Gasteiger partial charge in [0.1, 0.15) is 5.69 Å². The highest BCUT2D eigenvalue weighted by molar-refractivity contribution is 5.98. The third-order valence-electron chi connectivity index (χ3n) is 3.06. The van der Waals surface area contributed by atoms with Crippen molar-refractivity contribution in [3.8, 4) is 0 Å². The van der Waals surface area contributed by atoms with Crippen LogP contribution in [0.5, 0.6) is 0 Å². The van der Waals surface area contributed by atoms with Gasteiger partial charge in [-0.2, -0.15) is 0 Å². The summed E-state index contributed by atoms with van der Waals surface area (Å²) in [4.78, 5) is 29.0. The number of amidine groups is 1. The zero-order valence-electron chi connectivity index (χ0n) is 11.6. The van der Waals surface area contributed by atoms with Crippen molar-refractivity contribution in [2.75, 3.05) is 13.6 Å². The molecule has 2 amide bonds. The van der Waals surface area contributed by atoms with Gasteiger partial charge >= 0.3 is 0 Å². The van der Waals surface area contributed by atoms with Gasteiger partial charge in [-0.3, -0.25) is 14.6 Å². The Balaban J connectivity index is 1.96. The molecule has 1 saturated carbocycles. The standard InChI is InChI=1S/C13H17N5O3/c1-18(7-11(19)16-9-3-4-9)13(20)10-5-2-8(6-15-10)12(14)17-21/h2,5-6,9,21H,3-4,7H2,1H3,(H2,14,17)(H,16,19). The fraction of sp³-hybridized carbons (Fsp3) is 0.385. The molecule has 0 bridgehead atoms. The van der Waals surface area contributed by atoms with Crippen molar-refractivity contribution in [3.05, 3.63) is 29.6 Å². The van der Waals surface area contributed by atoms with Crippen LogP contribution in [-0.4, -0.2) is 52.4 Å². The zero-order valence-corrected chi connectivity index (χ0v) is 11.6. The van der Waals surface area contributed by atoms with E-state index in [4.69, 9.17) is 10.9 Å². The molecule has 1 aromatic rings. The Morgan fingerprint density at radius 3 is 2.76 bits per heavy atom. The summed E-state index contributed by atoms with van der Waals surface area (Å²) in [5.74, 6) is -0.632. The third-order valence-corrected chi connectivity index (χ3v) is 3.06. The Bertz CT molecular complexity index is 566. The maximum atomic E-state index is 12.1. The van der Waals surface area contributed by atoms with Gasteiger partial charge in [0.25, 0.3) is 5.91 Å². The number of nitrogens with one attached hydrogen (secondary N) is 1. The number of nitrogens with two attached hydrogens (primary N) is 1. The number of hydrogen-bond acceptors (Lipinski definition) is 5. The molecule has 0 aliphatic heterocycles. The highest BCUT2D eigenvalue weighted by atomic mass is 16.4. The van der Waals surface area contributed by atoms with Gasteiger partial charge in [-0.05, 0) is 25.0 Å². The van der Waals surface area contributed by atoms with Crippen molar-refractivity contribution in [2.24, 2.45) is 10.9 Å². The maximum Gasteiger partial charge on any atom is 0.272 e. The molecule has 21 heavy (non-hydrogen) atoms. The van der Waals surface area contributed by atoms with Crippen molar-refractivity contribution in [1.29, 1.82) is 0 Å². The molecule has 1 aliphatic carbocycles. The molecule has 8 heteroatoms. The summed E-state index contributed by atoms with van der Waals surface area (Å²) in [6, 6.07) is 3.25. The quantitative estimate of drug-likeness (QED) is 0.293. The number of amides is 2. The van der Waals surface area contributed by atoms with Crippen LogP contribution in [0.3, 0.4) is 0 Å². The summed E-state index contributed by atoms with van der Waals surface area (Å²) in [6.07, 6.45) is 3.33. The topological polar surface area (TPSA) is 121 Å². The van der Waals surface area contributed by atoms with Crippen LogP contribution >= 0.6 is 0 Å². The highest BCUT2D eigenvalue weighted by Crippen LogP contribution is 2.18. The fourth-order valence-corrected chi connectivity index (χ4v) is 1.71. The summed E-state index contributed by atoms with van der Waals surface area (Å²) in [5.41, 5.74) is 6.00. The van der Waals surface area contributed by atoms with Crippen LogP contribution in [0.2, 0.25) is 0 Å². The first-order valence-corrected chi connectivity index (χ1v) is 6.50. The van der Waals surface area contributed by atoms with Crippen LogP contribution in [0.15, 0.2) is 23.5 Å². The lowest BCUT2D eigenvalue weighted by Gasteiger charge is -2.16. The number of likely N-dealkylation sites (N-methyl/N-ethyl adjacent to an activating group) is 1. The molecule has 1 aromatic heterocycles. The minimum atomic E-state index is -0.369. The van der Waals surface area contributed by atoms with Crippen LogP contribution in [0.25, 0.3) is 0 Å². The largest absolute Gasteiger partial charge is 0.409 e. The first-order valence-electron chi connectivity index (χ1n) is 6.50. The van der Waals surface area contributed by atoms with Crippen LogP contribution in [0, 0.1) is 0 Å². The molecule has 1 aliphatic rings. The Labute approximate surface area is 121 Å². The second-order valence-electron chi connectivity index (χ2n) is 4.92. The molecule has 2 rings (SSSR count). The molecular formula is C13H17N5O3. The maximum absolute atomic E-state index is 12.1. The molecule has 0 aromatic carbocycles. The average Bonchev–Trinajstić information content (AvgIpc) is 3.29. The van der Waals surface area contributed by atoms with Crippen molar-refractivity contribution >= 4 is 17.6 Å². The van der Waals surface area contributed by atoms with E-state index in [9.17, 15) is 9.59 Å². The second kappa shape index (κ2) is 6.21. The van der Waals surface area contributed by atoms with E-state index in [-0.39, 0.29) is 35.9 Å². The second-order valence-corrected chi connectivity index (χ2v) is 4.92. The van der Waals surface area contributed by atoms with E-state index >= 15 is 0 Å². The van der Waals surface area contributed by atoms with Crippen molar-refractivity contribution < 1.29 is 14.8 Å². The normalized spacial score (nSPS) is 14.6. The minimum Gasteiger partial charge on any atom is -0.409 e. The Morgan fingerprint density at radius 2 is 2.24 bits per heavy atom. The summed E-state index contributed by atoms with van der Waals surface area (Å²) in [5, 5.41) is 14.2. The number of nitrogens with zero attached hydrogens (tertiary/aromatic N) is 3. The van der Waals surface area contributed by atoms with E-state index in [0.717, 1.165) is 12.8 Å². The van der Waals surface area contributed by atoms with Crippen molar-refractivity contribution in [2.45, 2.75) is 18.9 Å². The van der Waals surface area contributed by atoms with Crippen molar-refractivity contribution in [1.82, 2.24) is 15.2 Å². The molecule has 0 atom stereocenters. The summed E-state index contributed by atoms with van der Waals surface area (Å²) >= 11 is 0. The van der Waals surface area contributed by atoms with E-state index in [1.54, 1.807) is 0 Å². The van der Waals surface area contributed by atoms with Crippen LogP contribution in [0.1, 0.15) is 28.9 Å². The number of aromatic nitrogens is 1. The SMILES string of the molecule is CN(CC(=O)NC1CC1)C(=O)c1ccc(C(N)=NO)cn1. The van der Waals surface area contributed by atoms with Gasteiger partial charge in [0, 0.05) is 24.8 Å². The number of rotatable bonds is 5. The molecule has 0 radical (unpaired) electrons. The Kier molecular flexibility index (Phi) is 4.36. The predicted molar refractivity (Wildman–Crippen MR) is 74.9 cm³/mol. The monoisotopic (exact) mass is 291 g/mol. The molecule has 1 fully saturated rings. The van der Waals surface area contributed by atoms with E-state index in [1.807, 2.05) is 0 Å². The smallest absolute Gasteiger partial charge is 0.272 e. The predicted octanol–water partition coefficient (Wildman–Crippen LogP) is -0.473. The van der Waals surface area contributed by atoms with E-state index in [0.29, 0.717) is 5.56 Å². The van der Waals surface area contributed by atoms with Gasteiger partial charge < -0.3 is 21.2 Å². The lowest BCUT2D eigenvalue weighted by molar-refractivity contribution is -0.121. The molecule has 4 N–H and O–H groups in total. The molecule has 0 saturated heterocycles. The van der Waals surface area contributed by atoms with Crippen LogP contribution < -0.4 is 11.1 Å². The number of carbonyl (C=O) groups excluding carboxylic acids is 2. The molecule has 8 nitrogen and oxygen atoms in total. The fourth-order valence-electron chi connectivity index (χ4n) is 1.71. The minimum absolute atomic E-state index is 0.0149. The summed E-state index contributed by atoms with van der Waals surface area (Å²) in [7, 11) is 1.54. The lowest BCUT2D eigenvalue weighted by Crippen LogP contribution is -2.39. The van der Waals surface area contributed by atoms with E-state index in [2.05, 4.69) is 15.5 Å². The molecular weight excluding hydrogens is 274 g/mol. The third kappa shape index (κ3) is 3.91. The number of hydrogen-bond donors (Lipinski definition) is 3. The summed E-state index contributed by atoms with van der Waals surface area (Å²) in [6.45, 7) is -0.0149. The Hall–Kier alpha value is -2.64.